The van der Waals surface area contributed by atoms with E-state index in [4.69, 9.17) is 19.2 Å². The summed E-state index contributed by atoms with van der Waals surface area (Å²) in [5.74, 6) is 0. The Morgan fingerprint density at radius 2 is 1.14 bits per heavy atom. The number of rotatable bonds is 0. The van der Waals surface area contributed by atoms with Gasteiger partial charge in [0.05, 0.1) is 0 Å². The van der Waals surface area contributed by atoms with Crippen molar-refractivity contribution in [2.24, 2.45) is 0 Å². The first-order chi connectivity index (χ1) is 2.00. The van der Waals surface area contributed by atoms with E-state index in [0.29, 0.717) is 0 Å². The van der Waals surface area contributed by atoms with Gasteiger partial charge in [-0.1, -0.05) is 0 Å². The normalized spacial score (nSPS) is 8.43. The monoisotopic (exact) mass is 168 g/mol. The predicted octanol–water partition coefficient (Wildman–Crippen LogP) is -0.481. The molecule has 0 saturated heterocycles. The predicted molar refractivity (Wildman–Crippen MR) is 20.7 cm³/mol. The van der Waals surface area contributed by atoms with Gasteiger partial charge < -0.3 is 22.1 Å². The zero-order chi connectivity index (χ0) is 4.50. The Labute approximate surface area is 52.3 Å². The molecular weight excluding hydrogens is 162 g/mol. The first-order valence-corrected chi connectivity index (χ1v) is 2.35. The minimum atomic E-state index is -4.64. The maximum absolute atomic E-state index is 8.88. The molecular formula is CH6MnO4P-. The molecule has 0 unspecified atom stereocenters. The van der Waals surface area contributed by atoms with Gasteiger partial charge in [-0.25, -0.2) is 4.57 Å². The number of phosphoric acid groups is 1. The standard InChI is InChI=1S/CH3.Mn.H3O4P/c;;1-5(2,3)4/h1H3;;(H3,1,2,3,4)/q-1;;. The quantitative estimate of drug-likeness (QED) is 0.259. The molecule has 0 aromatic carbocycles. The van der Waals surface area contributed by atoms with Crippen LogP contribution >= 0.6 is 7.82 Å². The van der Waals surface area contributed by atoms with E-state index in [2.05, 4.69) is 0 Å². The molecule has 0 aromatic rings. The molecule has 6 heteroatoms. The van der Waals surface area contributed by atoms with Crippen LogP contribution in [0.4, 0.5) is 0 Å². The van der Waals surface area contributed by atoms with Crippen LogP contribution in [0.1, 0.15) is 0 Å². The summed E-state index contributed by atoms with van der Waals surface area (Å²) in [4.78, 5) is 21.6. The van der Waals surface area contributed by atoms with Crippen LogP contribution in [-0.2, 0) is 21.6 Å². The van der Waals surface area contributed by atoms with Gasteiger partial charge in [-0.2, -0.15) is 0 Å². The number of hydrogen-bond donors (Lipinski definition) is 3. The molecule has 0 rings (SSSR count). The Bertz CT molecular complexity index is 57.8. The molecule has 1 radical (unpaired) electrons. The third-order valence-electron chi connectivity index (χ3n) is 0. The van der Waals surface area contributed by atoms with E-state index in [1.807, 2.05) is 0 Å². The zero-order valence-electron chi connectivity index (χ0n) is 3.58. The molecule has 0 spiro atoms. The van der Waals surface area contributed by atoms with Crippen LogP contribution in [0.2, 0.25) is 0 Å². The van der Waals surface area contributed by atoms with Crippen molar-refractivity contribution in [1.82, 2.24) is 0 Å². The largest absolute Gasteiger partial charge is 0.466 e. The summed E-state index contributed by atoms with van der Waals surface area (Å²) in [6.07, 6.45) is 0. The van der Waals surface area contributed by atoms with Gasteiger partial charge in [-0.15, -0.1) is 0 Å². The van der Waals surface area contributed by atoms with Crippen LogP contribution < -0.4 is 0 Å². The molecule has 3 N–H and O–H groups in total. The van der Waals surface area contributed by atoms with Crippen molar-refractivity contribution < 1.29 is 36.3 Å². The molecule has 0 aliphatic rings. The maximum Gasteiger partial charge on any atom is 0.466 e. The Morgan fingerprint density at radius 1 is 1.14 bits per heavy atom. The minimum absolute atomic E-state index is 0. The van der Waals surface area contributed by atoms with Gasteiger partial charge in [0.15, 0.2) is 0 Å². The third-order valence-corrected chi connectivity index (χ3v) is 0. The molecule has 4 nitrogen and oxygen atoms in total. The molecule has 0 amide bonds. The van der Waals surface area contributed by atoms with Gasteiger partial charge in [0.25, 0.3) is 0 Å². The zero-order valence-corrected chi connectivity index (χ0v) is 5.65. The van der Waals surface area contributed by atoms with Gasteiger partial charge in [-0.05, 0) is 0 Å². The van der Waals surface area contributed by atoms with E-state index >= 15 is 0 Å². The van der Waals surface area contributed by atoms with E-state index in [9.17, 15) is 0 Å². The second-order valence-electron chi connectivity index (χ2n) is 0.513. The Balaban J connectivity index is -0.0000000800. The fraction of sp³-hybridized carbons (Fsp3) is 0. The maximum atomic E-state index is 8.88. The molecule has 0 bridgehead atoms. The summed E-state index contributed by atoms with van der Waals surface area (Å²) in [6, 6.07) is 0. The van der Waals surface area contributed by atoms with Crippen molar-refractivity contribution in [3.8, 4) is 0 Å². The first-order valence-electron chi connectivity index (χ1n) is 0.783. The molecule has 0 aromatic heterocycles. The SMILES string of the molecule is O=P(O)(O)O.[CH3-].[Mn]. The molecule has 47 valence electrons. The Morgan fingerprint density at radius 3 is 1.14 bits per heavy atom. The smallest absolute Gasteiger partial charge is 0.358 e. The van der Waals surface area contributed by atoms with Gasteiger partial charge in [0, 0.05) is 17.1 Å². The summed E-state index contributed by atoms with van der Waals surface area (Å²) in [5, 5.41) is 0. The summed E-state index contributed by atoms with van der Waals surface area (Å²) in [5.41, 5.74) is 0. The fourth-order valence-electron chi connectivity index (χ4n) is 0. The van der Waals surface area contributed by atoms with Crippen LogP contribution in [0, 0.1) is 7.43 Å². The van der Waals surface area contributed by atoms with Gasteiger partial charge in [-0.3, -0.25) is 0 Å². The topological polar surface area (TPSA) is 77.8 Å². The average molecular weight is 168 g/mol. The van der Waals surface area contributed by atoms with Crippen LogP contribution in [0.5, 0.6) is 0 Å². The molecule has 7 heavy (non-hydrogen) atoms. The molecule has 0 saturated carbocycles. The molecule has 0 aliphatic heterocycles. The first kappa shape index (κ1) is 15.6. The van der Waals surface area contributed by atoms with Crippen molar-refractivity contribution in [1.29, 1.82) is 0 Å². The van der Waals surface area contributed by atoms with E-state index in [0.717, 1.165) is 0 Å². The fourth-order valence-corrected chi connectivity index (χ4v) is 0. The Kier molecular flexibility index (Phi) is 10.7. The average Bonchev–Trinajstić information content (AvgIpc) is 0.722. The molecule has 0 fully saturated rings. The minimum Gasteiger partial charge on any atom is -0.358 e. The van der Waals surface area contributed by atoms with Crippen molar-refractivity contribution in [3.05, 3.63) is 7.43 Å². The van der Waals surface area contributed by atoms with E-state index in [1.54, 1.807) is 0 Å². The summed E-state index contributed by atoms with van der Waals surface area (Å²) in [6.45, 7) is 0. The summed E-state index contributed by atoms with van der Waals surface area (Å²) < 4.78 is 8.88. The summed E-state index contributed by atoms with van der Waals surface area (Å²) in [7, 11) is -4.64. The van der Waals surface area contributed by atoms with Crippen LogP contribution in [0.25, 0.3) is 0 Å². The number of hydrogen-bond acceptors (Lipinski definition) is 1. The van der Waals surface area contributed by atoms with Crippen molar-refractivity contribution in [3.63, 3.8) is 0 Å². The molecule has 0 heterocycles. The second-order valence-corrected chi connectivity index (χ2v) is 1.54. The van der Waals surface area contributed by atoms with Gasteiger partial charge in [0.1, 0.15) is 0 Å². The summed E-state index contributed by atoms with van der Waals surface area (Å²) >= 11 is 0. The van der Waals surface area contributed by atoms with E-state index in [1.165, 1.54) is 0 Å². The second kappa shape index (κ2) is 4.78. The van der Waals surface area contributed by atoms with Crippen molar-refractivity contribution in [2.75, 3.05) is 0 Å². The third kappa shape index (κ3) is 359. The van der Waals surface area contributed by atoms with Crippen molar-refractivity contribution in [2.45, 2.75) is 0 Å². The van der Waals surface area contributed by atoms with Gasteiger partial charge >= 0.3 is 7.82 Å². The molecule has 0 aliphatic carbocycles. The van der Waals surface area contributed by atoms with Crippen molar-refractivity contribution >= 4 is 7.82 Å². The van der Waals surface area contributed by atoms with Crippen LogP contribution in [0.15, 0.2) is 0 Å². The Hall–Kier alpha value is 0.629. The molecule has 0 atom stereocenters. The van der Waals surface area contributed by atoms with Gasteiger partial charge in [0.2, 0.25) is 0 Å². The van der Waals surface area contributed by atoms with E-state index in [-0.39, 0.29) is 24.5 Å². The van der Waals surface area contributed by atoms with E-state index < -0.39 is 7.82 Å². The van der Waals surface area contributed by atoms with Crippen LogP contribution in [-0.4, -0.2) is 14.7 Å². The van der Waals surface area contributed by atoms with Crippen LogP contribution in [0.3, 0.4) is 0 Å².